The highest BCUT2D eigenvalue weighted by molar-refractivity contribution is 9.10. The molecule has 0 aliphatic rings. The van der Waals surface area contributed by atoms with Crippen molar-refractivity contribution in [2.24, 2.45) is 0 Å². The van der Waals surface area contributed by atoms with Gasteiger partial charge in [-0.25, -0.2) is 9.38 Å². The van der Waals surface area contributed by atoms with E-state index in [-0.39, 0.29) is 5.56 Å². The summed E-state index contributed by atoms with van der Waals surface area (Å²) in [4.78, 5) is 18.3. The molecule has 5 rings (SSSR count). The fourth-order valence-electron chi connectivity index (χ4n) is 3.46. The molecular formula is C24H16BrClN2O3S. The summed E-state index contributed by atoms with van der Waals surface area (Å²) in [5.41, 5.74) is 3.21. The number of benzene rings is 3. The topological polar surface area (TPSA) is 52.8 Å². The lowest BCUT2D eigenvalue weighted by Gasteiger charge is -2.13. The van der Waals surface area contributed by atoms with Gasteiger partial charge < -0.3 is 9.47 Å². The minimum absolute atomic E-state index is 0.0939. The summed E-state index contributed by atoms with van der Waals surface area (Å²) >= 11 is 11.2. The monoisotopic (exact) mass is 526 g/mol. The van der Waals surface area contributed by atoms with Crippen molar-refractivity contribution in [1.29, 1.82) is 0 Å². The Bertz CT molecular complexity index is 1580. The van der Waals surface area contributed by atoms with E-state index in [9.17, 15) is 4.79 Å². The summed E-state index contributed by atoms with van der Waals surface area (Å²) in [7, 11) is 1.58. The van der Waals surface area contributed by atoms with Crippen molar-refractivity contribution >= 4 is 60.9 Å². The molecule has 32 heavy (non-hydrogen) atoms. The predicted molar refractivity (Wildman–Crippen MR) is 132 cm³/mol. The molecule has 0 atom stereocenters. The van der Waals surface area contributed by atoms with Crippen LogP contribution in [0.2, 0.25) is 5.02 Å². The highest BCUT2D eigenvalue weighted by atomic mass is 79.9. The van der Waals surface area contributed by atoms with Crippen LogP contribution in [0.25, 0.3) is 22.1 Å². The second kappa shape index (κ2) is 8.58. The second-order valence-electron chi connectivity index (χ2n) is 7.04. The highest BCUT2D eigenvalue weighted by Crippen LogP contribution is 2.35. The normalized spacial score (nSPS) is 12.0. The molecule has 0 bridgehead atoms. The van der Waals surface area contributed by atoms with Crippen molar-refractivity contribution < 1.29 is 9.47 Å². The van der Waals surface area contributed by atoms with Gasteiger partial charge in [0.2, 0.25) is 0 Å². The summed E-state index contributed by atoms with van der Waals surface area (Å²) in [6.45, 7) is 0.311. The van der Waals surface area contributed by atoms with Gasteiger partial charge in [0.05, 0.1) is 22.7 Å². The van der Waals surface area contributed by atoms with E-state index in [1.54, 1.807) is 11.5 Å². The van der Waals surface area contributed by atoms with Crippen molar-refractivity contribution in [3.63, 3.8) is 0 Å². The largest absolute Gasteiger partial charge is 0.493 e. The SMILES string of the molecule is COc1cc(/C=c2\sc3nc4ccccc4n3c2=O)c(Br)cc1OCc1ccccc1Cl. The van der Waals surface area contributed by atoms with Crippen LogP contribution in [0, 0.1) is 0 Å². The third kappa shape index (κ3) is 3.77. The maximum atomic E-state index is 13.1. The van der Waals surface area contributed by atoms with Crippen LogP contribution in [0.5, 0.6) is 11.5 Å². The van der Waals surface area contributed by atoms with Crippen LogP contribution in [0.4, 0.5) is 0 Å². The molecule has 0 unspecified atom stereocenters. The van der Waals surface area contributed by atoms with Crippen LogP contribution in [0.1, 0.15) is 11.1 Å². The molecule has 0 N–H and O–H groups in total. The van der Waals surface area contributed by atoms with E-state index < -0.39 is 0 Å². The van der Waals surface area contributed by atoms with Crippen molar-refractivity contribution in [3.8, 4) is 11.5 Å². The van der Waals surface area contributed by atoms with E-state index >= 15 is 0 Å². The number of hydrogen-bond donors (Lipinski definition) is 0. The van der Waals surface area contributed by atoms with Gasteiger partial charge in [-0.1, -0.05) is 69.2 Å². The van der Waals surface area contributed by atoms with E-state index in [0.29, 0.717) is 32.6 Å². The van der Waals surface area contributed by atoms with Gasteiger partial charge in [0.15, 0.2) is 16.5 Å². The molecule has 0 aliphatic carbocycles. The maximum Gasteiger partial charge on any atom is 0.274 e. The Morgan fingerprint density at radius 3 is 2.72 bits per heavy atom. The maximum absolute atomic E-state index is 13.1. The first-order valence-corrected chi connectivity index (χ1v) is 11.7. The Balaban J connectivity index is 1.53. The number of aromatic nitrogens is 2. The molecule has 5 nitrogen and oxygen atoms in total. The lowest BCUT2D eigenvalue weighted by molar-refractivity contribution is 0.284. The lowest BCUT2D eigenvalue weighted by atomic mass is 10.2. The highest BCUT2D eigenvalue weighted by Gasteiger charge is 2.13. The number of fused-ring (bicyclic) bond motifs is 3. The first-order chi connectivity index (χ1) is 15.5. The van der Waals surface area contributed by atoms with E-state index in [4.69, 9.17) is 21.1 Å². The zero-order chi connectivity index (χ0) is 22.2. The van der Waals surface area contributed by atoms with Gasteiger partial charge in [0.1, 0.15) is 6.61 Å². The Morgan fingerprint density at radius 2 is 1.91 bits per heavy atom. The number of hydrogen-bond acceptors (Lipinski definition) is 5. The molecule has 0 aliphatic heterocycles. The van der Waals surface area contributed by atoms with Crippen LogP contribution >= 0.6 is 38.9 Å². The first-order valence-electron chi connectivity index (χ1n) is 9.70. The molecule has 160 valence electrons. The van der Waals surface area contributed by atoms with Crippen molar-refractivity contribution in [1.82, 2.24) is 9.38 Å². The summed E-state index contributed by atoms with van der Waals surface area (Å²) in [6.07, 6.45) is 1.83. The van der Waals surface area contributed by atoms with E-state index in [0.717, 1.165) is 26.6 Å². The predicted octanol–water partition coefficient (Wildman–Crippen LogP) is 5.46. The fourth-order valence-corrected chi connectivity index (χ4v) is 5.06. The Labute approximate surface area is 200 Å². The average molecular weight is 528 g/mol. The molecule has 0 saturated carbocycles. The number of para-hydroxylation sites is 2. The first kappa shape index (κ1) is 21.0. The molecule has 0 amide bonds. The van der Waals surface area contributed by atoms with Gasteiger partial charge in [-0.2, -0.15) is 0 Å². The summed E-state index contributed by atoms with van der Waals surface area (Å²) in [5.74, 6) is 1.14. The standard InChI is InChI=1S/C24H16BrClN2O3S/c1-30-20-10-15(16(25)12-21(20)31-13-14-6-2-3-7-17(14)26)11-22-23(29)28-19-9-5-4-8-18(19)27-24(28)32-22/h2-12H,13H2,1H3/b22-11-. The van der Waals surface area contributed by atoms with E-state index in [1.807, 2.05) is 66.7 Å². The number of methoxy groups -OCH3 is 1. The van der Waals surface area contributed by atoms with Gasteiger partial charge in [-0.05, 0) is 42.0 Å². The molecule has 8 heteroatoms. The van der Waals surface area contributed by atoms with Crippen LogP contribution in [0.3, 0.4) is 0 Å². The van der Waals surface area contributed by atoms with E-state index in [2.05, 4.69) is 20.9 Å². The minimum Gasteiger partial charge on any atom is -0.493 e. The minimum atomic E-state index is -0.0939. The van der Waals surface area contributed by atoms with Crippen LogP contribution in [-0.2, 0) is 6.61 Å². The quantitative estimate of drug-likeness (QED) is 0.305. The second-order valence-corrected chi connectivity index (χ2v) is 9.31. The molecule has 3 aromatic carbocycles. The molecule has 2 heterocycles. The number of thiazole rings is 1. The molecule has 5 aromatic rings. The smallest absolute Gasteiger partial charge is 0.274 e. The summed E-state index contributed by atoms with van der Waals surface area (Å²) in [5, 5.41) is 0.647. The number of ether oxygens (including phenoxy) is 2. The van der Waals surface area contributed by atoms with Gasteiger partial charge in [-0.15, -0.1) is 0 Å². The third-order valence-electron chi connectivity index (χ3n) is 5.06. The molecule has 2 aromatic heterocycles. The zero-order valence-electron chi connectivity index (χ0n) is 16.8. The van der Waals surface area contributed by atoms with Gasteiger partial charge in [-0.3, -0.25) is 4.79 Å². The Morgan fingerprint density at radius 1 is 1.12 bits per heavy atom. The number of halogens is 2. The summed E-state index contributed by atoms with van der Waals surface area (Å²) in [6, 6.07) is 18.8. The van der Waals surface area contributed by atoms with Gasteiger partial charge in [0, 0.05) is 15.1 Å². The molecule has 0 saturated heterocycles. The zero-order valence-corrected chi connectivity index (χ0v) is 20.0. The van der Waals surface area contributed by atoms with Crippen LogP contribution in [-0.4, -0.2) is 16.5 Å². The summed E-state index contributed by atoms with van der Waals surface area (Å²) < 4.78 is 14.5. The van der Waals surface area contributed by atoms with Gasteiger partial charge in [0.25, 0.3) is 5.56 Å². The lowest BCUT2D eigenvalue weighted by Crippen LogP contribution is -2.22. The Hall–Kier alpha value is -2.87. The van der Waals surface area contributed by atoms with Gasteiger partial charge >= 0.3 is 0 Å². The fraction of sp³-hybridized carbons (Fsp3) is 0.0833. The number of imidazole rings is 1. The number of rotatable bonds is 5. The average Bonchev–Trinajstić information content (AvgIpc) is 3.30. The van der Waals surface area contributed by atoms with Crippen LogP contribution in [0.15, 0.2) is 69.9 Å². The van der Waals surface area contributed by atoms with Crippen molar-refractivity contribution in [3.05, 3.63) is 96.2 Å². The van der Waals surface area contributed by atoms with Crippen LogP contribution < -0.4 is 19.6 Å². The molecule has 0 fully saturated rings. The Kier molecular flexibility index (Phi) is 5.63. The molecule has 0 spiro atoms. The number of nitrogens with zero attached hydrogens (tertiary/aromatic N) is 2. The van der Waals surface area contributed by atoms with Crippen molar-refractivity contribution in [2.45, 2.75) is 6.61 Å². The molecular weight excluding hydrogens is 512 g/mol. The molecule has 0 radical (unpaired) electrons. The van der Waals surface area contributed by atoms with Crippen molar-refractivity contribution in [2.75, 3.05) is 7.11 Å². The van der Waals surface area contributed by atoms with E-state index in [1.165, 1.54) is 11.3 Å². The third-order valence-corrected chi connectivity index (χ3v) is 7.08.